The van der Waals surface area contributed by atoms with E-state index in [4.69, 9.17) is 0 Å². The van der Waals surface area contributed by atoms with Gasteiger partial charge in [0, 0.05) is 25.0 Å². The van der Waals surface area contributed by atoms with Crippen molar-refractivity contribution in [3.8, 4) is 0 Å². The normalized spacial score (nSPS) is 22.9. The van der Waals surface area contributed by atoms with E-state index in [1.54, 1.807) is 0 Å². The Bertz CT molecular complexity index is 390. The van der Waals surface area contributed by atoms with Crippen LogP contribution in [0.15, 0.2) is 30.3 Å². The Balaban J connectivity index is 2.07. The van der Waals surface area contributed by atoms with E-state index < -0.39 is 0 Å². The van der Waals surface area contributed by atoms with Gasteiger partial charge in [-0.15, -0.1) is 0 Å². The highest BCUT2D eigenvalue weighted by atomic mass is 15.2. The van der Waals surface area contributed by atoms with Gasteiger partial charge in [-0.1, -0.05) is 57.5 Å². The van der Waals surface area contributed by atoms with Crippen LogP contribution in [0.25, 0.3) is 0 Å². The zero-order valence-electron chi connectivity index (χ0n) is 13.4. The zero-order chi connectivity index (χ0) is 14.4. The fourth-order valence-corrected chi connectivity index (χ4v) is 3.37. The third-order valence-corrected chi connectivity index (χ3v) is 4.76. The Labute approximate surface area is 124 Å². The number of hydrogen-bond donors (Lipinski definition) is 1. The molecule has 0 aromatic heterocycles. The highest BCUT2D eigenvalue weighted by molar-refractivity contribution is 5.25. The summed E-state index contributed by atoms with van der Waals surface area (Å²) in [5.41, 5.74) is 1.67. The summed E-state index contributed by atoms with van der Waals surface area (Å²) < 4.78 is 0. The van der Waals surface area contributed by atoms with Crippen molar-refractivity contribution in [3.63, 3.8) is 0 Å². The van der Waals surface area contributed by atoms with Gasteiger partial charge in [-0.05, 0) is 31.0 Å². The molecule has 1 fully saturated rings. The molecule has 0 aliphatic carbocycles. The molecule has 0 amide bonds. The first-order valence-electron chi connectivity index (χ1n) is 8.16. The first kappa shape index (κ1) is 15.5. The third kappa shape index (κ3) is 3.83. The Morgan fingerprint density at radius 3 is 2.60 bits per heavy atom. The van der Waals surface area contributed by atoms with Crippen molar-refractivity contribution >= 4 is 0 Å². The lowest BCUT2D eigenvalue weighted by atomic mass is 9.81. The molecular weight excluding hydrogens is 244 g/mol. The van der Waals surface area contributed by atoms with Gasteiger partial charge in [-0.3, -0.25) is 0 Å². The largest absolute Gasteiger partial charge is 0.316 e. The molecule has 2 rings (SSSR count). The maximum Gasteiger partial charge on any atom is 0.0177 e. The second kappa shape index (κ2) is 7.24. The molecule has 0 radical (unpaired) electrons. The first-order chi connectivity index (χ1) is 9.68. The molecule has 1 aromatic carbocycles. The molecule has 2 nitrogen and oxygen atoms in total. The summed E-state index contributed by atoms with van der Waals surface area (Å²) in [6.07, 6.45) is 2.70. The van der Waals surface area contributed by atoms with Gasteiger partial charge in [0.2, 0.25) is 0 Å². The number of benzene rings is 1. The summed E-state index contributed by atoms with van der Waals surface area (Å²) in [6.45, 7) is 12.7. The maximum atomic E-state index is 3.56. The van der Waals surface area contributed by atoms with Gasteiger partial charge in [0.25, 0.3) is 0 Å². The molecule has 1 aromatic rings. The zero-order valence-corrected chi connectivity index (χ0v) is 13.4. The second-order valence-electron chi connectivity index (χ2n) is 6.51. The standard InChI is InChI=1S/C18H30N2/c1-4-16-11-12-20(13-16)15-18(3,14-19-5-2)17-9-7-6-8-10-17/h6-10,16,19H,4-5,11-15H2,1-3H3. The van der Waals surface area contributed by atoms with Crippen LogP contribution in [0.3, 0.4) is 0 Å². The van der Waals surface area contributed by atoms with E-state index in [-0.39, 0.29) is 5.41 Å². The molecule has 0 saturated carbocycles. The number of hydrogen-bond acceptors (Lipinski definition) is 2. The summed E-state index contributed by atoms with van der Waals surface area (Å²) >= 11 is 0. The van der Waals surface area contributed by atoms with Crippen LogP contribution in [0.1, 0.15) is 39.2 Å². The summed E-state index contributed by atoms with van der Waals surface area (Å²) in [7, 11) is 0. The number of likely N-dealkylation sites (tertiary alicyclic amines) is 1. The minimum Gasteiger partial charge on any atom is -0.316 e. The van der Waals surface area contributed by atoms with Crippen LogP contribution < -0.4 is 5.32 Å². The number of nitrogens with zero attached hydrogens (tertiary/aromatic N) is 1. The molecule has 112 valence electrons. The predicted octanol–water partition coefficient (Wildman–Crippen LogP) is 3.29. The molecule has 0 bridgehead atoms. The van der Waals surface area contributed by atoms with Gasteiger partial charge in [-0.25, -0.2) is 0 Å². The van der Waals surface area contributed by atoms with Crippen molar-refractivity contribution in [2.45, 2.75) is 39.0 Å². The fourth-order valence-electron chi connectivity index (χ4n) is 3.37. The van der Waals surface area contributed by atoms with Crippen LogP contribution in [0, 0.1) is 5.92 Å². The SMILES string of the molecule is CCNCC(C)(CN1CCC(CC)C1)c1ccccc1. The van der Waals surface area contributed by atoms with Crippen molar-refractivity contribution in [1.82, 2.24) is 10.2 Å². The van der Waals surface area contributed by atoms with E-state index in [1.165, 1.54) is 38.0 Å². The summed E-state index contributed by atoms with van der Waals surface area (Å²) in [6, 6.07) is 11.0. The first-order valence-corrected chi connectivity index (χ1v) is 8.16. The molecule has 2 heteroatoms. The lowest BCUT2D eigenvalue weighted by Crippen LogP contribution is -2.45. The van der Waals surface area contributed by atoms with E-state index in [1.807, 2.05) is 0 Å². The van der Waals surface area contributed by atoms with Gasteiger partial charge < -0.3 is 10.2 Å². The Hall–Kier alpha value is -0.860. The Kier molecular flexibility index (Phi) is 5.62. The minimum atomic E-state index is 0.208. The molecule has 2 unspecified atom stereocenters. The lowest BCUT2D eigenvalue weighted by Gasteiger charge is -2.35. The van der Waals surface area contributed by atoms with Crippen molar-refractivity contribution in [1.29, 1.82) is 0 Å². The van der Waals surface area contributed by atoms with Crippen molar-refractivity contribution in [3.05, 3.63) is 35.9 Å². The fraction of sp³-hybridized carbons (Fsp3) is 0.667. The van der Waals surface area contributed by atoms with Crippen molar-refractivity contribution in [2.24, 2.45) is 5.92 Å². The van der Waals surface area contributed by atoms with Crippen LogP contribution in [0.5, 0.6) is 0 Å². The predicted molar refractivity (Wildman–Crippen MR) is 87.2 cm³/mol. The van der Waals surface area contributed by atoms with E-state index >= 15 is 0 Å². The molecule has 1 heterocycles. The van der Waals surface area contributed by atoms with Crippen molar-refractivity contribution in [2.75, 3.05) is 32.7 Å². The third-order valence-electron chi connectivity index (χ3n) is 4.76. The van der Waals surface area contributed by atoms with Gasteiger partial charge in [0.15, 0.2) is 0 Å². The molecular formula is C18H30N2. The van der Waals surface area contributed by atoms with Gasteiger partial charge in [-0.2, -0.15) is 0 Å². The maximum absolute atomic E-state index is 3.56. The van der Waals surface area contributed by atoms with Crippen molar-refractivity contribution < 1.29 is 0 Å². The summed E-state index contributed by atoms with van der Waals surface area (Å²) in [4.78, 5) is 2.67. The van der Waals surface area contributed by atoms with Crippen LogP contribution in [-0.2, 0) is 5.41 Å². The summed E-state index contributed by atoms with van der Waals surface area (Å²) in [5, 5.41) is 3.56. The lowest BCUT2D eigenvalue weighted by molar-refractivity contribution is 0.243. The molecule has 20 heavy (non-hydrogen) atoms. The van der Waals surface area contributed by atoms with Gasteiger partial charge >= 0.3 is 0 Å². The quantitative estimate of drug-likeness (QED) is 0.821. The molecule has 1 aliphatic rings. The number of nitrogens with one attached hydrogen (secondary N) is 1. The number of likely N-dealkylation sites (N-methyl/N-ethyl adjacent to an activating group) is 1. The van der Waals surface area contributed by atoms with Gasteiger partial charge in [0.1, 0.15) is 0 Å². The summed E-state index contributed by atoms with van der Waals surface area (Å²) in [5.74, 6) is 0.911. The van der Waals surface area contributed by atoms with E-state index in [2.05, 4.69) is 61.3 Å². The smallest absolute Gasteiger partial charge is 0.0177 e. The molecule has 2 atom stereocenters. The van der Waals surface area contributed by atoms with Crippen LogP contribution in [0.2, 0.25) is 0 Å². The molecule has 0 spiro atoms. The van der Waals surface area contributed by atoms with E-state index in [0.29, 0.717) is 0 Å². The van der Waals surface area contributed by atoms with Crippen LogP contribution >= 0.6 is 0 Å². The van der Waals surface area contributed by atoms with E-state index in [0.717, 1.165) is 19.0 Å². The second-order valence-corrected chi connectivity index (χ2v) is 6.51. The molecule has 1 N–H and O–H groups in total. The average Bonchev–Trinajstić information content (AvgIpc) is 2.93. The average molecular weight is 274 g/mol. The Morgan fingerprint density at radius 1 is 1.25 bits per heavy atom. The van der Waals surface area contributed by atoms with Crippen LogP contribution in [-0.4, -0.2) is 37.6 Å². The topological polar surface area (TPSA) is 15.3 Å². The highest BCUT2D eigenvalue weighted by Gasteiger charge is 2.31. The minimum absolute atomic E-state index is 0.208. The van der Waals surface area contributed by atoms with E-state index in [9.17, 15) is 0 Å². The molecule has 1 aliphatic heterocycles. The molecule has 1 saturated heterocycles. The monoisotopic (exact) mass is 274 g/mol. The Morgan fingerprint density at radius 2 is 2.00 bits per heavy atom. The van der Waals surface area contributed by atoms with Crippen LogP contribution in [0.4, 0.5) is 0 Å². The number of rotatable bonds is 7. The van der Waals surface area contributed by atoms with Gasteiger partial charge in [0.05, 0.1) is 0 Å². The highest BCUT2D eigenvalue weighted by Crippen LogP contribution is 2.28.